The van der Waals surface area contributed by atoms with Gasteiger partial charge in [0, 0.05) is 5.92 Å². The topological polar surface area (TPSA) is 52.6 Å². The molecule has 0 unspecified atom stereocenters. The number of carbonyl (C=O) groups excluding carboxylic acids is 2. The van der Waals surface area contributed by atoms with Crippen molar-refractivity contribution in [2.75, 3.05) is 13.2 Å². The highest BCUT2D eigenvalue weighted by molar-refractivity contribution is 5.96. The van der Waals surface area contributed by atoms with Crippen molar-refractivity contribution in [1.82, 2.24) is 0 Å². The molecular weight excluding hydrogens is 280 g/mol. The van der Waals surface area contributed by atoms with E-state index in [0.717, 1.165) is 12.8 Å². The second-order valence-electron chi connectivity index (χ2n) is 5.09. The zero-order valence-electron chi connectivity index (χ0n) is 12.7. The van der Waals surface area contributed by atoms with E-state index in [-0.39, 0.29) is 19.1 Å². The van der Waals surface area contributed by atoms with Gasteiger partial charge in [-0.05, 0) is 37.5 Å². The first kappa shape index (κ1) is 16.1. The van der Waals surface area contributed by atoms with E-state index in [4.69, 9.17) is 9.47 Å². The summed E-state index contributed by atoms with van der Waals surface area (Å²) in [4.78, 5) is 23.4. The smallest absolute Gasteiger partial charge is 0.321 e. The molecule has 4 heteroatoms. The van der Waals surface area contributed by atoms with E-state index in [1.165, 1.54) is 5.56 Å². The van der Waals surface area contributed by atoms with Crippen molar-refractivity contribution in [2.45, 2.75) is 19.8 Å². The number of hydrogen-bond donors (Lipinski definition) is 0. The summed E-state index contributed by atoms with van der Waals surface area (Å²) in [5, 5.41) is 0. The quantitative estimate of drug-likeness (QED) is 0.460. The predicted molar refractivity (Wildman–Crippen MR) is 82.0 cm³/mol. The molecular formula is C18H20O4. The van der Waals surface area contributed by atoms with Gasteiger partial charge in [-0.15, -0.1) is 5.73 Å². The average Bonchev–Trinajstić information content (AvgIpc) is 2.89. The Balaban J connectivity index is 1.89. The number of carbonyl (C=O) groups is 2. The minimum absolute atomic E-state index is 0.210. The molecule has 0 bridgehead atoms. The van der Waals surface area contributed by atoms with Crippen LogP contribution in [0.1, 0.15) is 18.9 Å². The van der Waals surface area contributed by atoms with Gasteiger partial charge in [0.1, 0.15) is 0 Å². The standard InChI is InChI=1S/C18H20O4/c1-2-21-17(19)16-15(13-22-18(16)20)12-8-4-7-11-14-9-5-3-6-10-14/h3-6,9-10,12,15-16H,2,7,11,13H2,1H3/t8?,15-,16-/m0/s1. The third-order valence-electron chi connectivity index (χ3n) is 3.49. The largest absolute Gasteiger partial charge is 0.465 e. The van der Waals surface area contributed by atoms with Gasteiger partial charge in [-0.1, -0.05) is 30.3 Å². The first-order valence-corrected chi connectivity index (χ1v) is 7.50. The number of hydrogen-bond acceptors (Lipinski definition) is 4. The fourth-order valence-corrected chi connectivity index (χ4v) is 2.35. The van der Waals surface area contributed by atoms with Gasteiger partial charge in [0.2, 0.25) is 0 Å². The van der Waals surface area contributed by atoms with Crippen LogP contribution in [0.3, 0.4) is 0 Å². The molecule has 0 spiro atoms. The predicted octanol–water partition coefficient (Wildman–Crippen LogP) is 2.68. The van der Waals surface area contributed by atoms with Crippen molar-refractivity contribution in [3.8, 4) is 0 Å². The van der Waals surface area contributed by atoms with Crippen LogP contribution in [0.2, 0.25) is 0 Å². The Morgan fingerprint density at radius 1 is 1.41 bits per heavy atom. The summed E-state index contributed by atoms with van der Waals surface area (Å²) in [5.41, 5.74) is 4.32. The number of esters is 2. The molecule has 0 aromatic heterocycles. The summed E-state index contributed by atoms with van der Waals surface area (Å²) in [7, 11) is 0. The van der Waals surface area contributed by atoms with Crippen molar-refractivity contribution in [2.24, 2.45) is 11.8 Å². The van der Waals surface area contributed by atoms with Crippen LogP contribution in [0.5, 0.6) is 0 Å². The molecule has 22 heavy (non-hydrogen) atoms. The Morgan fingerprint density at radius 3 is 2.91 bits per heavy atom. The Hall–Kier alpha value is -2.32. The van der Waals surface area contributed by atoms with Gasteiger partial charge in [0.25, 0.3) is 0 Å². The van der Waals surface area contributed by atoms with Crippen molar-refractivity contribution < 1.29 is 19.1 Å². The van der Waals surface area contributed by atoms with Gasteiger partial charge in [-0.2, -0.15) is 0 Å². The molecule has 1 heterocycles. The maximum atomic E-state index is 11.8. The van der Waals surface area contributed by atoms with E-state index in [2.05, 4.69) is 17.9 Å². The molecule has 0 aliphatic carbocycles. The molecule has 0 saturated carbocycles. The van der Waals surface area contributed by atoms with Crippen molar-refractivity contribution in [3.63, 3.8) is 0 Å². The number of benzene rings is 1. The summed E-state index contributed by atoms with van der Waals surface area (Å²) < 4.78 is 9.86. The van der Waals surface area contributed by atoms with Crippen LogP contribution in [0.25, 0.3) is 0 Å². The van der Waals surface area contributed by atoms with Gasteiger partial charge in [-0.25, -0.2) is 0 Å². The Kier molecular flexibility index (Phi) is 5.99. The van der Waals surface area contributed by atoms with Gasteiger partial charge in [0.15, 0.2) is 5.92 Å². The van der Waals surface area contributed by atoms with Crippen LogP contribution in [0.15, 0.2) is 48.2 Å². The lowest BCUT2D eigenvalue weighted by Crippen LogP contribution is -2.26. The molecule has 0 amide bonds. The summed E-state index contributed by atoms with van der Waals surface area (Å²) in [6.45, 7) is 2.18. The van der Waals surface area contributed by atoms with Crippen LogP contribution in [0, 0.1) is 11.8 Å². The first-order chi connectivity index (χ1) is 10.7. The highest BCUT2D eigenvalue weighted by atomic mass is 16.6. The van der Waals surface area contributed by atoms with Gasteiger partial charge >= 0.3 is 11.9 Å². The maximum Gasteiger partial charge on any atom is 0.321 e. The van der Waals surface area contributed by atoms with Crippen molar-refractivity contribution in [3.05, 3.63) is 53.8 Å². The average molecular weight is 300 g/mol. The van der Waals surface area contributed by atoms with Crippen LogP contribution < -0.4 is 0 Å². The normalized spacial score (nSPS) is 20.0. The molecule has 2 atom stereocenters. The summed E-state index contributed by atoms with van der Waals surface area (Å²) in [6.07, 6.45) is 5.44. The molecule has 1 saturated heterocycles. The molecule has 2 rings (SSSR count). The monoisotopic (exact) mass is 300 g/mol. The fourth-order valence-electron chi connectivity index (χ4n) is 2.35. The molecule has 1 fully saturated rings. The van der Waals surface area contributed by atoms with E-state index in [1.807, 2.05) is 24.3 Å². The summed E-state index contributed by atoms with van der Waals surface area (Å²) >= 11 is 0. The molecule has 1 aromatic carbocycles. The third-order valence-corrected chi connectivity index (χ3v) is 3.49. The lowest BCUT2D eigenvalue weighted by atomic mass is 9.95. The highest BCUT2D eigenvalue weighted by Crippen LogP contribution is 2.24. The number of ether oxygens (including phenoxy) is 2. The molecule has 116 valence electrons. The molecule has 0 N–H and O–H groups in total. The van der Waals surface area contributed by atoms with E-state index in [9.17, 15) is 9.59 Å². The molecule has 0 radical (unpaired) electrons. The van der Waals surface area contributed by atoms with Gasteiger partial charge < -0.3 is 9.47 Å². The number of rotatable bonds is 6. The Morgan fingerprint density at radius 2 is 2.18 bits per heavy atom. The lowest BCUT2D eigenvalue weighted by Gasteiger charge is -2.08. The fraction of sp³-hybridized carbons (Fsp3) is 0.389. The zero-order chi connectivity index (χ0) is 15.8. The second-order valence-corrected chi connectivity index (χ2v) is 5.09. The van der Waals surface area contributed by atoms with Crippen LogP contribution in [-0.2, 0) is 25.5 Å². The molecule has 1 aliphatic heterocycles. The Bertz CT molecular complexity index is 570. The van der Waals surface area contributed by atoms with E-state index in [1.54, 1.807) is 13.0 Å². The summed E-state index contributed by atoms with van der Waals surface area (Å²) in [6, 6.07) is 10.2. The minimum atomic E-state index is -0.852. The van der Waals surface area contributed by atoms with Crippen molar-refractivity contribution >= 4 is 11.9 Å². The first-order valence-electron chi connectivity index (χ1n) is 7.50. The summed E-state index contributed by atoms with van der Waals surface area (Å²) in [5.74, 6) is -2.17. The third kappa shape index (κ3) is 4.34. The van der Waals surface area contributed by atoms with Crippen molar-refractivity contribution in [1.29, 1.82) is 0 Å². The number of aryl methyl sites for hydroxylation is 1. The second kappa shape index (κ2) is 8.20. The van der Waals surface area contributed by atoms with Gasteiger partial charge in [0.05, 0.1) is 13.2 Å². The SMILES string of the molecule is CCOC(=O)[C@H]1C(=O)OC[C@@H]1C=C=CCCc1ccccc1. The van der Waals surface area contributed by atoms with E-state index in [0.29, 0.717) is 0 Å². The van der Waals surface area contributed by atoms with Crippen LogP contribution in [-0.4, -0.2) is 25.2 Å². The van der Waals surface area contributed by atoms with Crippen LogP contribution in [0.4, 0.5) is 0 Å². The van der Waals surface area contributed by atoms with E-state index >= 15 is 0 Å². The lowest BCUT2D eigenvalue weighted by molar-refractivity contribution is -0.156. The minimum Gasteiger partial charge on any atom is -0.465 e. The molecule has 1 aromatic rings. The van der Waals surface area contributed by atoms with Crippen LogP contribution >= 0.6 is 0 Å². The van der Waals surface area contributed by atoms with E-state index < -0.39 is 17.9 Å². The highest BCUT2D eigenvalue weighted by Gasteiger charge is 2.42. The Labute approximate surface area is 130 Å². The zero-order valence-corrected chi connectivity index (χ0v) is 12.7. The molecule has 1 aliphatic rings. The molecule has 4 nitrogen and oxygen atoms in total. The van der Waals surface area contributed by atoms with Gasteiger partial charge in [-0.3, -0.25) is 9.59 Å². The maximum absolute atomic E-state index is 11.8. The number of cyclic esters (lactones) is 1.